The minimum atomic E-state index is -0.532. The van der Waals surface area contributed by atoms with Gasteiger partial charge in [-0.15, -0.1) is 0 Å². The highest BCUT2D eigenvalue weighted by Crippen LogP contribution is 2.19. The van der Waals surface area contributed by atoms with E-state index in [4.69, 9.17) is 4.74 Å². The number of benzene rings is 2. The van der Waals surface area contributed by atoms with Crippen molar-refractivity contribution in [2.45, 2.75) is 13.8 Å². The molecule has 142 valence electrons. The van der Waals surface area contributed by atoms with Gasteiger partial charge in [0.15, 0.2) is 0 Å². The summed E-state index contributed by atoms with van der Waals surface area (Å²) in [6.45, 7) is 4.05. The number of aryl methyl sites for hydroxylation is 2. The Morgan fingerprint density at radius 2 is 1.79 bits per heavy atom. The van der Waals surface area contributed by atoms with E-state index in [0.29, 0.717) is 11.6 Å². The first kappa shape index (κ1) is 19.0. The molecule has 0 radical (unpaired) electrons. The maximum Gasteiger partial charge on any atom is 0.339 e. The molecule has 0 spiro atoms. The molecule has 0 bridgehead atoms. The SMILES string of the molecule is COC(=O)c1ccccc1NC(=O)c1ccnc(Nc2ccc(C)c(C)c2)n1. The molecule has 3 aromatic rings. The Bertz CT molecular complexity index is 1030. The van der Waals surface area contributed by atoms with Crippen molar-refractivity contribution < 1.29 is 14.3 Å². The van der Waals surface area contributed by atoms with E-state index in [1.807, 2.05) is 32.0 Å². The minimum absolute atomic E-state index is 0.168. The Balaban J connectivity index is 1.79. The number of hydrogen-bond donors (Lipinski definition) is 2. The lowest BCUT2D eigenvalue weighted by atomic mass is 10.1. The zero-order chi connectivity index (χ0) is 20.1. The van der Waals surface area contributed by atoms with Crippen LogP contribution < -0.4 is 10.6 Å². The number of anilines is 3. The molecular weight excluding hydrogens is 356 g/mol. The number of para-hydroxylation sites is 1. The maximum absolute atomic E-state index is 12.6. The number of esters is 1. The highest BCUT2D eigenvalue weighted by molar-refractivity contribution is 6.07. The van der Waals surface area contributed by atoms with Crippen LogP contribution in [0.15, 0.2) is 54.7 Å². The van der Waals surface area contributed by atoms with Crippen molar-refractivity contribution in [3.05, 3.63) is 77.1 Å². The molecule has 0 saturated carbocycles. The molecule has 1 heterocycles. The third-order valence-electron chi connectivity index (χ3n) is 4.23. The molecule has 0 atom stereocenters. The van der Waals surface area contributed by atoms with Crippen LogP contribution in [-0.4, -0.2) is 29.0 Å². The number of hydrogen-bond acceptors (Lipinski definition) is 6. The number of nitrogens with one attached hydrogen (secondary N) is 2. The molecule has 1 amide bonds. The number of rotatable bonds is 5. The second-order valence-electron chi connectivity index (χ2n) is 6.18. The molecule has 0 aliphatic rings. The first-order valence-electron chi connectivity index (χ1n) is 8.64. The van der Waals surface area contributed by atoms with Crippen LogP contribution in [0.25, 0.3) is 0 Å². The van der Waals surface area contributed by atoms with Crippen molar-refractivity contribution in [2.75, 3.05) is 17.7 Å². The van der Waals surface area contributed by atoms with E-state index < -0.39 is 11.9 Å². The number of amides is 1. The first-order chi connectivity index (χ1) is 13.5. The lowest BCUT2D eigenvalue weighted by molar-refractivity contribution is 0.0602. The van der Waals surface area contributed by atoms with Gasteiger partial charge in [0, 0.05) is 11.9 Å². The number of carbonyl (C=O) groups excluding carboxylic acids is 2. The minimum Gasteiger partial charge on any atom is -0.465 e. The van der Waals surface area contributed by atoms with Crippen molar-refractivity contribution in [1.82, 2.24) is 9.97 Å². The van der Waals surface area contributed by atoms with Crippen LogP contribution in [0.1, 0.15) is 32.0 Å². The van der Waals surface area contributed by atoms with Gasteiger partial charge in [-0.25, -0.2) is 14.8 Å². The van der Waals surface area contributed by atoms with E-state index in [1.54, 1.807) is 24.3 Å². The van der Waals surface area contributed by atoms with Gasteiger partial charge in [-0.05, 0) is 55.3 Å². The van der Waals surface area contributed by atoms with Crippen molar-refractivity contribution in [1.29, 1.82) is 0 Å². The van der Waals surface area contributed by atoms with Gasteiger partial charge in [0.2, 0.25) is 5.95 Å². The van der Waals surface area contributed by atoms with E-state index in [9.17, 15) is 9.59 Å². The van der Waals surface area contributed by atoms with Crippen LogP contribution in [0, 0.1) is 13.8 Å². The molecule has 7 nitrogen and oxygen atoms in total. The highest BCUT2D eigenvalue weighted by Gasteiger charge is 2.15. The summed E-state index contributed by atoms with van der Waals surface area (Å²) < 4.78 is 4.74. The average Bonchev–Trinajstić information content (AvgIpc) is 2.71. The first-order valence-corrected chi connectivity index (χ1v) is 8.64. The second kappa shape index (κ2) is 8.30. The fraction of sp³-hybridized carbons (Fsp3) is 0.143. The molecule has 2 N–H and O–H groups in total. The summed E-state index contributed by atoms with van der Waals surface area (Å²) in [5.41, 5.74) is 3.93. The molecule has 7 heteroatoms. The molecule has 0 saturated heterocycles. The van der Waals surface area contributed by atoms with Crippen LogP contribution >= 0.6 is 0 Å². The van der Waals surface area contributed by atoms with Crippen LogP contribution in [0.2, 0.25) is 0 Å². The molecule has 28 heavy (non-hydrogen) atoms. The fourth-order valence-corrected chi connectivity index (χ4v) is 2.56. The van der Waals surface area contributed by atoms with Gasteiger partial charge in [0.1, 0.15) is 5.69 Å². The monoisotopic (exact) mass is 376 g/mol. The molecule has 3 rings (SSSR count). The Morgan fingerprint density at radius 3 is 2.54 bits per heavy atom. The zero-order valence-corrected chi connectivity index (χ0v) is 15.8. The summed E-state index contributed by atoms with van der Waals surface area (Å²) in [5, 5.41) is 5.79. The Kier molecular flexibility index (Phi) is 5.64. The third kappa shape index (κ3) is 4.32. The normalized spacial score (nSPS) is 10.2. The summed E-state index contributed by atoms with van der Waals surface area (Å²) in [6.07, 6.45) is 1.50. The Labute approximate surface area is 162 Å². The van der Waals surface area contributed by atoms with E-state index >= 15 is 0 Å². The van der Waals surface area contributed by atoms with Crippen molar-refractivity contribution in [3.63, 3.8) is 0 Å². The molecule has 2 aromatic carbocycles. The van der Waals surface area contributed by atoms with Gasteiger partial charge in [0.05, 0.1) is 18.4 Å². The molecule has 0 aliphatic heterocycles. The number of aromatic nitrogens is 2. The maximum atomic E-state index is 12.6. The quantitative estimate of drug-likeness (QED) is 0.657. The highest BCUT2D eigenvalue weighted by atomic mass is 16.5. The zero-order valence-electron chi connectivity index (χ0n) is 15.8. The lowest BCUT2D eigenvalue weighted by Crippen LogP contribution is -2.17. The topological polar surface area (TPSA) is 93.2 Å². The predicted molar refractivity (Wildman–Crippen MR) is 107 cm³/mol. The number of carbonyl (C=O) groups is 2. The summed E-state index contributed by atoms with van der Waals surface area (Å²) >= 11 is 0. The smallest absolute Gasteiger partial charge is 0.339 e. The van der Waals surface area contributed by atoms with Gasteiger partial charge in [-0.2, -0.15) is 0 Å². The average molecular weight is 376 g/mol. The van der Waals surface area contributed by atoms with Gasteiger partial charge < -0.3 is 15.4 Å². The van der Waals surface area contributed by atoms with E-state index in [2.05, 4.69) is 20.6 Å². The van der Waals surface area contributed by atoms with Crippen molar-refractivity contribution in [2.24, 2.45) is 0 Å². The van der Waals surface area contributed by atoms with Crippen LogP contribution in [0.3, 0.4) is 0 Å². The molecule has 0 unspecified atom stereocenters. The standard InChI is InChI=1S/C21H20N4O3/c1-13-8-9-15(12-14(13)2)23-21-22-11-10-18(25-21)19(26)24-17-7-5-4-6-16(17)20(27)28-3/h4-12H,1-3H3,(H,24,26)(H,22,23,25). The molecule has 1 aromatic heterocycles. The van der Waals surface area contributed by atoms with Crippen LogP contribution in [0.4, 0.5) is 17.3 Å². The van der Waals surface area contributed by atoms with Gasteiger partial charge in [-0.1, -0.05) is 18.2 Å². The van der Waals surface area contributed by atoms with Crippen molar-refractivity contribution in [3.8, 4) is 0 Å². The lowest BCUT2D eigenvalue weighted by Gasteiger charge is -2.10. The van der Waals surface area contributed by atoms with E-state index in [1.165, 1.54) is 24.9 Å². The van der Waals surface area contributed by atoms with Crippen LogP contribution in [0.5, 0.6) is 0 Å². The third-order valence-corrected chi connectivity index (χ3v) is 4.23. The summed E-state index contributed by atoms with van der Waals surface area (Å²) in [7, 11) is 1.29. The Hall–Kier alpha value is -3.74. The molecular formula is C21H20N4O3. The number of nitrogens with zero attached hydrogens (tertiary/aromatic N) is 2. The Morgan fingerprint density at radius 1 is 1.00 bits per heavy atom. The largest absolute Gasteiger partial charge is 0.465 e. The van der Waals surface area contributed by atoms with Crippen molar-refractivity contribution >= 4 is 29.2 Å². The predicted octanol–water partition coefficient (Wildman–Crippen LogP) is 3.88. The van der Waals surface area contributed by atoms with Crippen LogP contribution in [-0.2, 0) is 4.74 Å². The summed E-state index contributed by atoms with van der Waals surface area (Å²) in [6, 6.07) is 14.0. The second-order valence-corrected chi connectivity index (χ2v) is 6.18. The summed E-state index contributed by atoms with van der Waals surface area (Å²) in [4.78, 5) is 32.9. The van der Waals surface area contributed by atoms with E-state index in [0.717, 1.165) is 11.3 Å². The number of methoxy groups -OCH3 is 1. The number of ether oxygens (including phenoxy) is 1. The van der Waals surface area contributed by atoms with E-state index in [-0.39, 0.29) is 11.3 Å². The van der Waals surface area contributed by atoms with Gasteiger partial charge >= 0.3 is 5.97 Å². The van der Waals surface area contributed by atoms with Gasteiger partial charge in [-0.3, -0.25) is 4.79 Å². The molecule has 0 aliphatic carbocycles. The molecule has 0 fully saturated rings. The fourth-order valence-electron chi connectivity index (χ4n) is 2.56. The van der Waals surface area contributed by atoms with Gasteiger partial charge in [0.25, 0.3) is 5.91 Å². The summed E-state index contributed by atoms with van der Waals surface area (Å²) in [5.74, 6) is -0.685.